The van der Waals surface area contributed by atoms with E-state index in [0.29, 0.717) is 12.4 Å². The maximum absolute atomic E-state index is 12.8. The Bertz CT molecular complexity index is 1730. The van der Waals surface area contributed by atoms with E-state index in [1.165, 1.54) is 24.9 Å². The van der Waals surface area contributed by atoms with Crippen molar-refractivity contribution in [2.45, 2.75) is 37.4 Å². The average Bonchev–Trinajstić information content (AvgIpc) is 3.65. The first-order chi connectivity index (χ1) is 21.2. The van der Waals surface area contributed by atoms with E-state index in [-0.39, 0.29) is 5.91 Å². The highest BCUT2D eigenvalue weighted by atomic mass is 32.2. The molecular formula is C34H33N7OS. The maximum Gasteiger partial charge on any atom is 0.228 e. The molecule has 0 spiro atoms. The number of rotatable bonds is 8. The summed E-state index contributed by atoms with van der Waals surface area (Å²) in [5.74, 6) is 1.46. The van der Waals surface area contributed by atoms with Gasteiger partial charge in [0.1, 0.15) is 0 Å². The summed E-state index contributed by atoms with van der Waals surface area (Å²) >= 11 is 1.75. The number of nitrogens with zero attached hydrogens (tertiary/aromatic N) is 5. The smallest absolute Gasteiger partial charge is 0.228 e. The van der Waals surface area contributed by atoms with E-state index < -0.39 is 0 Å². The van der Waals surface area contributed by atoms with Crippen LogP contribution in [-0.4, -0.2) is 44.3 Å². The second-order valence-corrected chi connectivity index (χ2v) is 11.9. The third-order valence-corrected chi connectivity index (χ3v) is 8.81. The minimum atomic E-state index is -0.0538. The number of anilines is 4. The molecule has 8 nitrogen and oxygen atoms in total. The van der Waals surface area contributed by atoms with Crippen LogP contribution in [0.5, 0.6) is 0 Å². The number of piperidine rings is 1. The number of fused-ring (bicyclic) bond motifs is 1. The molecule has 0 radical (unpaired) electrons. The van der Waals surface area contributed by atoms with Gasteiger partial charge in [-0.2, -0.15) is 0 Å². The highest BCUT2D eigenvalue weighted by molar-refractivity contribution is 7.99. The van der Waals surface area contributed by atoms with Crippen molar-refractivity contribution in [1.29, 1.82) is 0 Å². The van der Waals surface area contributed by atoms with Gasteiger partial charge in [-0.05, 0) is 67.3 Å². The van der Waals surface area contributed by atoms with Crippen LogP contribution in [0.25, 0.3) is 22.6 Å². The van der Waals surface area contributed by atoms with Crippen LogP contribution in [-0.2, 0) is 17.8 Å². The number of nitrogens with one attached hydrogen (secondary N) is 2. The molecule has 2 N–H and O–H groups in total. The summed E-state index contributed by atoms with van der Waals surface area (Å²) in [5, 5.41) is 7.42. The monoisotopic (exact) mass is 587 g/mol. The van der Waals surface area contributed by atoms with Crippen molar-refractivity contribution >= 4 is 40.7 Å². The van der Waals surface area contributed by atoms with Gasteiger partial charge in [0, 0.05) is 54.2 Å². The summed E-state index contributed by atoms with van der Waals surface area (Å²) in [6.45, 7) is 3.11. The minimum Gasteiger partial charge on any atom is -0.372 e. The largest absolute Gasteiger partial charge is 0.372 e. The third-order valence-electron chi connectivity index (χ3n) is 7.85. The topological polar surface area (TPSA) is 88.0 Å². The Balaban J connectivity index is 1.13. The standard InChI is InChI=1S/C34H33N7OS/c42-30(22-24-8-3-1-4-9-24)36-27-11-7-10-25(23-27)31-32(41-20-21-43-34(41)39-31)29-16-17-35-33(38-29)37-26-12-14-28(15-13-26)40-18-5-2-6-19-40/h1,3-4,7-17,23H,2,5-6,18-22H2,(H,36,42)(H,35,37,38). The normalized spacial score (nSPS) is 14.4. The zero-order chi connectivity index (χ0) is 29.0. The quantitative estimate of drug-likeness (QED) is 0.202. The van der Waals surface area contributed by atoms with E-state index in [0.717, 1.165) is 70.1 Å². The molecule has 1 saturated heterocycles. The Morgan fingerprint density at radius 3 is 2.51 bits per heavy atom. The van der Waals surface area contributed by atoms with Crippen LogP contribution in [0.15, 0.2) is 96.3 Å². The molecule has 2 aromatic heterocycles. The van der Waals surface area contributed by atoms with Crippen molar-refractivity contribution < 1.29 is 4.79 Å². The van der Waals surface area contributed by atoms with E-state index in [4.69, 9.17) is 9.97 Å². The number of benzene rings is 3. The Hall–Kier alpha value is -4.63. The molecule has 1 fully saturated rings. The van der Waals surface area contributed by atoms with Crippen molar-refractivity contribution in [3.63, 3.8) is 0 Å². The SMILES string of the molecule is O=C(Cc1ccccc1)Nc1cccc(-c2nc3n(c2-c2ccnc(Nc4ccc(N5CCCCC5)cc4)n2)CCS3)c1. The molecule has 0 saturated carbocycles. The van der Waals surface area contributed by atoms with Crippen LogP contribution in [0.4, 0.5) is 23.0 Å². The van der Waals surface area contributed by atoms with Crippen LogP contribution in [0, 0.1) is 0 Å². The predicted octanol–water partition coefficient (Wildman–Crippen LogP) is 7.03. The number of aromatic nitrogens is 4. The van der Waals surface area contributed by atoms with Crippen LogP contribution >= 0.6 is 11.8 Å². The molecule has 216 valence electrons. The number of hydrogen-bond acceptors (Lipinski definition) is 7. The zero-order valence-corrected chi connectivity index (χ0v) is 24.7. The van der Waals surface area contributed by atoms with Crippen LogP contribution in [0.1, 0.15) is 24.8 Å². The van der Waals surface area contributed by atoms with E-state index >= 15 is 0 Å². The van der Waals surface area contributed by atoms with Crippen molar-refractivity contribution in [1.82, 2.24) is 19.5 Å². The van der Waals surface area contributed by atoms with Gasteiger partial charge in [0.2, 0.25) is 11.9 Å². The van der Waals surface area contributed by atoms with E-state index in [1.54, 1.807) is 18.0 Å². The minimum absolute atomic E-state index is 0.0538. The number of thioether (sulfide) groups is 1. The highest BCUT2D eigenvalue weighted by Gasteiger charge is 2.25. The summed E-state index contributed by atoms with van der Waals surface area (Å²) in [7, 11) is 0. The van der Waals surface area contributed by atoms with Crippen molar-refractivity contribution in [2.24, 2.45) is 0 Å². The van der Waals surface area contributed by atoms with Gasteiger partial charge in [0.15, 0.2) is 5.16 Å². The number of hydrogen-bond donors (Lipinski definition) is 2. The summed E-state index contributed by atoms with van der Waals surface area (Å²) in [6, 6.07) is 28.1. The van der Waals surface area contributed by atoms with Crippen molar-refractivity contribution in [2.75, 3.05) is 34.4 Å². The van der Waals surface area contributed by atoms with Gasteiger partial charge in [-0.1, -0.05) is 54.2 Å². The molecule has 2 aliphatic heterocycles. The van der Waals surface area contributed by atoms with Crippen molar-refractivity contribution in [3.8, 4) is 22.6 Å². The summed E-state index contributed by atoms with van der Waals surface area (Å²) in [6.07, 6.45) is 5.95. The predicted molar refractivity (Wildman–Crippen MR) is 174 cm³/mol. The second-order valence-electron chi connectivity index (χ2n) is 10.9. The van der Waals surface area contributed by atoms with E-state index in [9.17, 15) is 4.79 Å². The molecule has 9 heteroatoms. The molecule has 43 heavy (non-hydrogen) atoms. The van der Waals surface area contributed by atoms with Gasteiger partial charge in [0.25, 0.3) is 0 Å². The highest BCUT2D eigenvalue weighted by Crippen LogP contribution is 2.39. The molecule has 0 bridgehead atoms. The van der Waals surface area contributed by atoms with Gasteiger partial charge in [0.05, 0.1) is 23.5 Å². The molecule has 4 heterocycles. The van der Waals surface area contributed by atoms with Crippen LogP contribution in [0.3, 0.4) is 0 Å². The van der Waals surface area contributed by atoms with E-state index in [1.807, 2.05) is 60.7 Å². The Kier molecular flexibility index (Phi) is 7.79. The fraction of sp³-hybridized carbons (Fsp3) is 0.235. The lowest BCUT2D eigenvalue weighted by molar-refractivity contribution is -0.115. The lowest BCUT2D eigenvalue weighted by Crippen LogP contribution is -2.29. The summed E-state index contributed by atoms with van der Waals surface area (Å²) in [4.78, 5) is 29.7. The fourth-order valence-electron chi connectivity index (χ4n) is 5.76. The van der Waals surface area contributed by atoms with Gasteiger partial charge >= 0.3 is 0 Å². The van der Waals surface area contributed by atoms with Gasteiger partial charge in [-0.25, -0.2) is 15.0 Å². The second kappa shape index (κ2) is 12.3. The maximum atomic E-state index is 12.8. The van der Waals surface area contributed by atoms with Gasteiger partial charge in [-0.3, -0.25) is 4.79 Å². The molecule has 3 aromatic carbocycles. The molecule has 0 aliphatic carbocycles. The van der Waals surface area contributed by atoms with Gasteiger partial charge in [-0.15, -0.1) is 0 Å². The summed E-state index contributed by atoms with van der Waals surface area (Å²) < 4.78 is 2.24. The number of carbonyl (C=O) groups is 1. The fourth-order valence-corrected chi connectivity index (χ4v) is 6.71. The number of carbonyl (C=O) groups excluding carboxylic acids is 1. The lowest BCUT2D eigenvalue weighted by Gasteiger charge is -2.28. The average molecular weight is 588 g/mol. The Labute approximate surface area is 255 Å². The summed E-state index contributed by atoms with van der Waals surface area (Å²) in [5.41, 5.74) is 7.46. The molecular weight excluding hydrogens is 554 g/mol. The molecule has 1 amide bonds. The molecule has 0 atom stereocenters. The number of imidazole rings is 1. The van der Waals surface area contributed by atoms with E-state index in [2.05, 4.69) is 49.4 Å². The first kappa shape index (κ1) is 27.2. The molecule has 2 aliphatic rings. The molecule has 0 unspecified atom stereocenters. The first-order valence-electron chi connectivity index (χ1n) is 14.8. The zero-order valence-electron chi connectivity index (χ0n) is 23.9. The molecule has 7 rings (SSSR count). The first-order valence-corrected chi connectivity index (χ1v) is 15.8. The Morgan fingerprint density at radius 1 is 0.837 bits per heavy atom. The number of amides is 1. The van der Waals surface area contributed by atoms with Crippen molar-refractivity contribution in [3.05, 3.63) is 96.7 Å². The third kappa shape index (κ3) is 6.12. The van der Waals surface area contributed by atoms with Gasteiger partial charge < -0.3 is 20.1 Å². The lowest BCUT2D eigenvalue weighted by atomic mass is 10.1. The van der Waals surface area contributed by atoms with Crippen LogP contribution in [0.2, 0.25) is 0 Å². The Morgan fingerprint density at radius 2 is 1.67 bits per heavy atom. The van der Waals surface area contributed by atoms with Crippen LogP contribution < -0.4 is 15.5 Å². The molecule has 5 aromatic rings.